The molecule has 15 heteroatoms. The van der Waals surface area contributed by atoms with Gasteiger partial charge >= 0.3 is 10.3 Å². The highest BCUT2D eigenvalue weighted by molar-refractivity contribution is 7.85. The summed E-state index contributed by atoms with van der Waals surface area (Å²) in [6, 6.07) is 5.85. The summed E-state index contributed by atoms with van der Waals surface area (Å²) in [5, 5.41) is 20.7. The molecule has 0 bridgehead atoms. The molecule has 5 N–H and O–H groups in total. The number of aliphatic hydroxyl groups excluding tert-OH is 2. The zero-order valence-corrected chi connectivity index (χ0v) is 17.6. The summed E-state index contributed by atoms with van der Waals surface area (Å²) in [4.78, 5) is 24.0. The van der Waals surface area contributed by atoms with Gasteiger partial charge in [0.2, 0.25) is 0 Å². The van der Waals surface area contributed by atoms with Gasteiger partial charge in [-0.05, 0) is 12.1 Å². The number of nitrogens with two attached hydrogens (primary N) is 1. The summed E-state index contributed by atoms with van der Waals surface area (Å²) >= 11 is 5.88. The number of nitrogen functional groups attached to an aromatic ring is 1. The van der Waals surface area contributed by atoms with E-state index >= 15 is 0 Å². The topological polar surface area (TPSA) is 192 Å². The van der Waals surface area contributed by atoms with E-state index in [1.807, 2.05) is 0 Å². The maximum Gasteiger partial charge on any atom is 0.362 e. The molecule has 1 aliphatic heterocycles. The largest absolute Gasteiger partial charge is 0.387 e. The molecule has 1 saturated heterocycles. The van der Waals surface area contributed by atoms with Crippen LogP contribution in [0.25, 0.3) is 11.2 Å². The van der Waals surface area contributed by atoms with Crippen molar-refractivity contribution in [3.8, 4) is 0 Å². The fourth-order valence-electron chi connectivity index (χ4n) is 3.15. The third-order valence-corrected chi connectivity index (χ3v) is 5.93. The van der Waals surface area contributed by atoms with Crippen molar-refractivity contribution in [2.24, 2.45) is 0 Å². The summed E-state index contributed by atoms with van der Waals surface area (Å²) < 4.78 is 37.7. The normalized spacial score (nSPS) is 23.5. The quantitative estimate of drug-likeness (QED) is 0.348. The molecule has 1 fully saturated rings. The lowest BCUT2D eigenvalue weighted by atomic mass is 10.1. The monoisotopic (exact) mass is 484 g/mol. The molecule has 170 valence electrons. The Labute approximate surface area is 186 Å². The number of imidazole rings is 1. The molecule has 2 aromatic heterocycles. The number of halogens is 1. The van der Waals surface area contributed by atoms with Gasteiger partial charge in [-0.25, -0.2) is 19.7 Å². The number of nitrogens with zero attached hydrogens (tertiary/aromatic N) is 4. The van der Waals surface area contributed by atoms with Crippen molar-refractivity contribution in [2.75, 3.05) is 12.3 Å². The smallest absolute Gasteiger partial charge is 0.362 e. The number of carbonyl (C=O) groups excluding carboxylic acids is 1. The number of ether oxygens (including phenoxy) is 1. The summed E-state index contributed by atoms with van der Waals surface area (Å²) in [5.41, 5.74) is 6.18. The highest BCUT2D eigenvalue weighted by atomic mass is 35.5. The molecule has 1 amide bonds. The van der Waals surface area contributed by atoms with Crippen LogP contribution >= 0.6 is 11.6 Å². The lowest BCUT2D eigenvalue weighted by molar-refractivity contribution is -0.0468. The summed E-state index contributed by atoms with van der Waals surface area (Å²) in [6.45, 7) is -0.691. The van der Waals surface area contributed by atoms with E-state index in [4.69, 9.17) is 26.3 Å². The number of benzene rings is 1. The number of hydrogen-bond acceptors (Lipinski definition) is 11. The third-order valence-electron chi connectivity index (χ3n) is 4.72. The molecule has 0 radical (unpaired) electrons. The Morgan fingerprint density at radius 2 is 2.00 bits per heavy atom. The highest BCUT2D eigenvalue weighted by Gasteiger charge is 2.45. The average Bonchev–Trinajstić information content (AvgIpc) is 3.29. The Kier molecular flexibility index (Phi) is 5.98. The third kappa shape index (κ3) is 4.23. The molecule has 13 nitrogen and oxygen atoms in total. The zero-order valence-electron chi connectivity index (χ0n) is 16.1. The SMILES string of the molecule is Nc1ncnc2c1ncn2[C@@H]1O[C@H](COS(=O)(=O)NC(=O)c2ccccc2Cl)[C@@H](O)[C@H]1O. The average molecular weight is 485 g/mol. The second-order valence-corrected chi connectivity index (χ2v) is 8.53. The van der Waals surface area contributed by atoms with Gasteiger partial charge in [0.05, 0.1) is 23.5 Å². The summed E-state index contributed by atoms with van der Waals surface area (Å²) in [7, 11) is -4.57. The summed E-state index contributed by atoms with van der Waals surface area (Å²) in [6.07, 6.45) is -2.89. The van der Waals surface area contributed by atoms with Crippen LogP contribution in [-0.2, 0) is 19.2 Å². The molecule has 1 aliphatic rings. The second kappa shape index (κ2) is 8.57. The van der Waals surface area contributed by atoms with Crippen molar-refractivity contribution in [2.45, 2.75) is 24.5 Å². The first kappa shape index (κ1) is 22.3. The van der Waals surface area contributed by atoms with Gasteiger partial charge in [0.25, 0.3) is 5.91 Å². The minimum Gasteiger partial charge on any atom is -0.387 e. The first-order valence-electron chi connectivity index (χ1n) is 9.08. The van der Waals surface area contributed by atoms with E-state index in [2.05, 4.69) is 15.0 Å². The molecule has 0 spiro atoms. The van der Waals surface area contributed by atoms with Crippen molar-refractivity contribution >= 4 is 44.8 Å². The summed E-state index contributed by atoms with van der Waals surface area (Å²) in [5.74, 6) is -0.884. The molecular weight excluding hydrogens is 468 g/mol. The fourth-order valence-corrected chi connectivity index (χ4v) is 4.08. The number of fused-ring (bicyclic) bond motifs is 1. The van der Waals surface area contributed by atoms with Gasteiger partial charge in [0, 0.05) is 0 Å². The van der Waals surface area contributed by atoms with E-state index in [0.29, 0.717) is 0 Å². The Hall–Kier alpha value is -2.88. The van der Waals surface area contributed by atoms with E-state index < -0.39 is 47.4 Å². The van der Waals surface area contributed by atoms with Crippen molar-refractivity contribution in [1.29, 1.82) is 0 Å². The van der Waals surface area contributed by atoms with Crippen molar-refractivity contribution < 1.29 is 32.3 Å². The number of rotatable bonds is 6. The van der Waals surface area contributed by atoms with Crippen LogP contribution in [0.1, 0.15) is 16.6 Å². The number of anilines is 1. The molecule has 0 aliphatic carbocycles. The van der Waals surface area contributed by atoms with Crippen LogP contribution in [0.5, 0.6) is 0 Å². The second-order valence-electron chi connectivity index (χ2n) is 6.78. The molecule has 4 atom stereocenters. The van der Waals surface area contributed by atoms with E-state index in [1.54, 1.807) is 10.8 Å². The van der Waals surface area contributed by atoms with E-state index in [1.165, 1.54) is 35.4 Å². The minimum atomic E-state index is -4.57. The number of carbonyl (C=O) groups is 1. The highest BCUT2D eigenvalue weighted by Crippen LogP contribution is 2.32. The number of nitrogens with one attached hydrogen (secondary N) is 1. The maximum atomic E-state index is 12.2. The van der Waals surface area contributed by atoms with E-state index in [0.717, 1.165) is 0 Å². The first-order valence-corrected chi connectivity index (χ1v) is 10.9. The van der Waals surface area contributed by atoms with Gasteiger partial charge in [0.15, 0.2) is 17.7 Å². The Morgan fingerprint density at radius 1 is 1.25 bits per heavy atom. The number of aliphatic hydroxyl groups is 2. The van der Waals surface area contributed by atoms with Gasteiger partial charge < -0.3 is 20.7 Å². The fraction of sp³-hybridized carbons (Fsp3) is 0.294. The molecule has 0 unspecified atom stereocenters. The van der Waals surface area contributed by atoms with E-state index in [-0.39, 0.29) is 27.6 Å². The zero-order chi connectivity index (χ0) is 23.0. The van der Waals surface area contributed by atoms with Crippen molar-refractivity contribution in [1.82, 2.24) is 24.2 Å². The van der Waals surface area contributed by atoms with Crippen LogP contribution in [0.3, 0.4) is 0 Å². The lowest BCUT2D eigenvalue weighted by Gasteiger charge is -2.16. The van der Waals surface area contributed by atoms with Crippen LogP contribution in [0.2, 0.25) is 5.02 Å². The maximum absolute atomic E-state index is 12.2. The molecule has 32 heavy (non-hydrogen) atoms. The predicted octanol–water partition coefficient (Wildman–Crippen LogP) is -0.627. The standard InChI is InChI=1S/C17H17ClN6O7S/c18-9-4-2-1-3-8(9)16(27)23-32(28,29)30-5-10-12(25)13(26)17(31-10)24-7-22-11-14(19)20-6-21-15(11)24/h1-4,6-7,10,12-13,17,25-26H,5H2,(H,23,27)(H2,19,20,21)/t10-,12-,13-,17-/m1/s1. The van der Waals surface area contributed by atoms with Gasteiger partial charge in [0.1, 0.15) is 30.2 Å². The number of hydrogen-bond donors (Lipinski definition) is 4. The van der Waals surface area contributed by atoms with Gasteiger partial charge in [-0.2, -0.15) is 8.42 Å². The van der Waals surface area contributed by atoms with Crippen LogP contribution in [0.4, 0.5) is 5.82 Å². The van der Waals surface area contributed by atoms with Crippen molar-refractivity contribution in [3.05, 3.63) is 47.5 Å². The lowest BCUT2D eigenvalue weighted by Crippen LogP contribution is -2.37. The molecule has 4 rings (SSSR count). The predicted molar refractivity (Wildman–Crippen MR) is 109 cm³/mol. The Bertz CT molecular complexity index is 1270. The van der Waals surface area contributed by atoms with Crippen molar-refractivity contribution in [3.63, 3.8) is 0 Å². The Balaban J connectivity index is 1.44. The van der Waals surface area contributed by atoms with Crippen LogP contribution in [0, 0.1) is 0 Å². The minimum absolute atomic E-state index is 0.0534. The molecule has 1 aromatic carbocycles. The number of aromatic nitrogens is 4. The molecular formula is C17H17ClN6O7S. The van der Waals surface area contributed by atoms with E-state index in [9.17, 15) is 23.4 Å². The van der Waals surface area contributed by atoms with Gasteiger partial charge in [-0.1, -0.05) is 23.7 Å². The van der Waals surface area contributed by atoms with Crippen LogP contribution in [-0.4, -0.2) is 69.0 Å². The van der Waals surface area contributed by atoms with Crippen LogP contribution in [0.15, 0.2) is 36.9 Å². The first-order chi connectivity index (χ1) is 15.2. The molecule has 3 aromatic rings. The Morgan fingerprint density at radius 3 is 2.75 bits per heavy atom. The molecule has 0 saturated carbocycles. The molecule has 3 heterocycles. The van der Waals surface area contributed by atoms with Gasteiger partial charge in [-0.15, -0.1) is 0 Å². The van der Waals surface area contributed by atoms with Gasteiger partial charge in [-0.3, -0.25) is 13.5 Å². The van der Waals surface area contributed by atoms with Crippen LogP contribution < -0.4 is 10.5 Å². The number of amides is 1.